The summed E-state index contributed by atoms with van der Waals surface area (Å²) < 4.78 is 6.67. The minimum atomic E-state index is 0.678. The molecule has 0 aromatic heterocycles. The average molecular weight is 306 g/mol. The molecule has 0 bridgehead atoms. The normalized spacial score (nSPS) is 10.1. The van der Waals surface area contributed by atoms with Crippen molar-refractivity contribution in [3.05, 3.63) is 58.6 Å². The Kier molecular flexibility index (Phi) is 4.65. The Labute approximate surface area is 116 Å². The molecule has 0 saturated carbocycles. The summed E-state index contributed by atoms with van der Waals surface area (Å²) in [7, 11) is 0. The van der Waals surface area contributed by atoms with Gasteiger partial charge in [-0.05, 0) is 36.8 Å². The van der Waals surface area contributed by atoms with Crippen LogP contribution in [0.4, 0.5) is 5.69 Å². The number of hydrogen-bond acceptors (Lipinski definition) is 2. The first-order valence-corrected chi connectivity index (χ1v) is 6.79. The molecule has 0 aliphatic carbocycles. The van der Waals surface area contributed by atoms with E-state index in [4.69, 9.17) is 4.74 Å². The molecule has 0 heterocycles. The Balaban J connectivity index is 2.03. The summed E-state index contributed by atoms with van der Waals surface area (Å²) in [5, 5.41) is 3.39. The number of hydrogen-bond donors (Lipinski definition) is 1. The van der Waals surface area contributed by atoms with E-state index in [1.165, 1.54) is 5.56 Å². The second kappa shape index (κ2) is 6.45. The molecule has 18 heavy (non-hydrogen) atoms. The molecule has 2 nitrogen and oxygen atoms in total. The van der Waals surface area contributed by atoms with E-state index in [0.29, 0.717) is 6.61 Å². The maximum absolute atomic E-state index is 5.57. The van der Waals surface area contributed by atoms with Gasteiger partial charge in [-0.1, -0.05) is 40.2 Å². The Morgan fingerprint density at radius 3 is 2.50 bits per heavy atom. The molecule has 0 amide bonds. The first-order chi connectivity index (χ1) is 8.79. The molecule has 0 atom stereocenters. The summed E-state index contributed by atoms with van der Waals surface area (Å²) in [5.74, 6) is 0.900. The van der Waals surface area contributed by atoms with Crippen LogP contribution in [0.1, 0.15) is 12.5 Å². The van der Waals surface area contributed by atoms with Gasteiger partial charge >= 0.3 is 0 Å². The fraction of sp³-hybridized carbons (Fsp3) is 0.200. The molecular weight excluding hydrogens is 290 g/mol. The third-order valence-corrected chi connectivity index (χ3v) is 3.11. The van der Waals surface area contributed by atoms with E-state index in [2.05, 4.69) is 33.4 Å². The first-order valence-electron chi connectivity index (χ1n) is 5.99. The maximum Gasteiger partial charge on any atom is 0.142 e. The standard InChI is InChI=1S/C15H16BrNO/c1-2-18-15-6-4-3-5-14(15)17-11-12-7-9-13(16)10-8-12/h3-10,17H,2,11H2,1H3. The highest BCUT2D eigenvalue weighted by atomic mass is 79.9. The van der Waals surface area contributed by atoms with Crippen LogP contribution in [0.3, 0.4) is 0 Å². The Morgan fingerprint density at radius 2 is 1.78 bits per heavy atom. The van der Waals surface area contributed by atoms with Crippen molar-refractivity contribution < 1.29 is 4.74 Å². The van der Waals surface area contributed by atoms with E-state index in [1.54, 1.807) is 0 Å². The lowest BCUT2D eigenvalue weighted by atomic mass is 10.2. The van der Waals surface area contributed by atoms with Crippen molar-refractivity contribution in [2.24, 2.45) is 0 Å². The van der Waals surface area contributed by atoms with Crippen LogP contribution in [0.2, 0.25) is 0 Å². The summed E-state index contributed by atoms with van der Waals surface area (Å²) in [6.07, 6.45) is 0. The van der Waals surface area contributed by atoms with Gasteiger partial charge in [-0.15, -0.1) is 0 Å². The zero-order chi connectivity index (χ0) is 12.8. The lowest BCUT2D eigenvalue weighted by Crippen LogP contribution is -2.02. The molecule has 0 fully saturated rings. The van der Waals surface area contributed by atoms with Crippen molar-refractivity contribution in [1.29, 1.82) is 0 Å². The smallest absolute Gasteiger partial charge is 0.142 e. The van der Waals surface area contributed by atoms with E-state index in [-0.39, 0.29) is 0 Å². The van der Waals surface area contributed by atoms with Crippen molar-refractivity contribution in [2.75, 3.05) is 11.9 Å². The summed E-state index contributed by atoms with van der Waals surface area (Å²) in [6.45, 7) is 3.46. The average Bonchev–Trinajstić information content (AvgIpc) is 2.40. The SMILES string of the molecule is CCOc1ccccc1NCc1ccc(Br)cc1. The predicted molar refractivity (Wildman–Crippen MR) is 79.1 cm³/mol. The zero-order valence-electron chi connectivity index (χ0n) is 10.3. The molecule has 2 aromatic rings. The molecule has 0 aliphatic rings. The van der Waals surface area contributed by atoms with Crippen LogP contribution in [0.25, 0.3) is 0 Å². The number of anilines is 1. The second-order valence-electron chi connectivity index (χ2n) is 3.91. The lowest BCUT2D eigenvalue weighted by molar-refractivity contribution is 0.341. The van der Waals surface area contributed by atoms with Crippen LogP contribution in [0.5, 0.6) is 5.75 Å². The molecule has 0 radical (unpaired) electrons. The van der Waals surface area contributed by atoms with Crippen LogP contribution in [-0.2, 0) is 6.54 Å². The molecule has 1 N–H and O–H groups in total. The molecule has 0 spiro atoms. The molecule has 0 saturated heterocycles. The number of ether oxygens (including phenoxy) is 1. The largest absolute Gasteiger partial charge is 0.492 e. The molecule has 0 unspecified atom stereocenters. The van der Waals surface area contributed by atoms with E-state index in [9.17, 15) is 0 Å². The van der Waals surface area contributed by atoms with E-state index >= 15 is 0 Å². The second-order valence-corrected chi connectivity index (χ2v) is 4.82. The van der Waals surface area contributed by atoms with E-state index < -0.39 is 0 Å². The van der Waals surface area contributed by atoms with Crippen LogP contribution < -0.4 is 10.1 Å². The molecule has 0 aliphatic heterocycles. The van der Waals surface area contributed by atoms with Gasteiger partial charge in [0.2, 0.25) is 0 Å². The maximum atomic E-state index is 5.57. The van der Waals surface area contributed by atoms with Crippen molar-refractivity contribution in [3.8, 4) is 5.75 Å². The summed E-state index contributed by atoms with van der Waals surface area (Å²) in [5.41, 5.74) is 2.27. The van der Waals surface area contributed by atoms with Gasteiger partial charge in [0.1, 0.15) is 5.75 Å². The Bertz CT molecular complexity index is 496. The molecular formula is C15H16BrNO. The predicted octanol–water partition coefficient (Wildman–Crippen LogP) is 4.46. The number of para-hydroxylation sites is 2. The van der Waals surface area contributed by atoms with Crippen molar-refractivity contribution in [1.82, 2.24) is 0 Å². The number of benzene rings is 2. The first kappa shape index (κ1) is 13.0. The highest BCUT2D eigenvalue weighted by Gasteiger charge is 2.01. The van der Waals surface area contributed by atoms with Crippen LogP contribution >= 0.6 is 15.9 Å². The lowest BCUT2D eigenvalue weighted by Gasteiger charge is -2.12. The van der Waals surface area contributed by atoms with Crippen LogP contribution in [-0.4, -0.2) is 6.61 Å². The van der Waals surface area contributed by atoms with E-state index in [0.717, 1.165) is 22.5 Å². The minimum Gasteiger partial charge on any atom is -0.492 e. The number of nitrogens with one attached hydrogen (secondary N) is 1. The Morgan fingerprint density at radius 1 is 1.06 bits per heavy atom. The monoisotopic (exact) mass is 305 g/mol. The van der Waals surface area contributed by atoms with Gasteiger partial charge in [-0.25, -0.2) is 0 Å². The summed E-state index contributed by atoms with van der Waals surface area (Å²) >= 11 is 3.43. The van der Waals surface area contributed by atoms with Gasteiger partial charge in [-0.3, -0.25) is 0 Å². The number of rotatable bonds is 5. The van der Waals surface area contributed by atoms with Gasteiger partial charge in [-0.2, -0.15) is 0 Å². The van der Waals surface area contributed by atoms with Gasteiger partial charge in [0, 0.05) is 11.0 Å². The van der Waals surface area contributed by atoms with Gasteiger partial charge in [0.15, 0.2) is 0 Å². The van der Waals surface area contributed by atoms with Crippen molar-refractivity contribution in [3.63, 3.8) is 0 Å². The van der Waals surface area contributed by atoms with Crippen LogP contribution in [0, 0.1) is 0 Å². The summed E-state index contributed by atoms with van der Waals surface area (Å²) in [6, 6.07) is 16.3. The molecule has 2 rings (SSSR count). The third-order valence-electron chi connectivity index (χ3n) is 2.58. The van der Waals surface area contributed by atoms with Gasteiger partial charge < -0.3 is 10.1 Å². The topological polar surface area (TPSA) is 21.3 Å². The highest BCUT2D eigenvalue weighted by Crippen LogP contribution is 2.24. The fourth-order valence-corrected chi connectivity index (χ4v) is 1.96. The third kappa shape index (κ3) is 3.50. The van der Waals surface area contributed by atoms with Gasteiger partial charge in [0.25, 0.3) is 0 Å². The van der Waals surface area contributed by atoms with Crippen molar-refractivity contribution >= 4 is 21.6 Å². The summed E-state index contributed by atoms with van der Waals surface area (Å²) in [4.78, 5) is 0. The molecule has 2 aromatic carbocycles. The van der Waals surface area contributed by atoms with Crippen molar-refractivity contribution in [2.45, 2.75) is 13.5 Å². The fourth-order valence-electron chi connectivity index (χ4n) is 1.69. The highest BCUT2D eigenvalue weighted by molar-refractivity contribution is 9.10. The Hall–Kier alpha value is -1.48. The minimum absolute atomic E-state index is 0.678. The molecule has 3 heteroatoms. The zero-order valence-corrected chi connectivity index (χ0v) is 11.9. The number of halogens is 1. The molecule has 94 valence electrons. The van der Waals surface area contributed by atoms with Gasteiger partial charge in [0.05, 0.1) is 12.3 Å². The van der Waals surface area contributed by atoms with E-state index in [1.807, 2.05) is 43.3 Å². The van der Waals surface area contributed by atoms with Crippen LogP contribution in [0.15, 0.2) is 53.0 Å². The quantitative estimate of drug-likeness (QED) is 0.880.